The van der Waals surface area contributed by atoms with E-state index in [0.29, 0.717) is 17.6 Å². The Morgan fingerprint density at radius 2 is 2.25 bits per heavy atom. The number of allylic oxidation sites excluding steroid dienone is 2. The molecule has 2 aliphatic carbocycles. The Bertz CT molecular complexity index is 264. The second-order valence-electron chi connectivity index (χ2n) is 4.58. The molecule has 2 rings (SSSR count). The van der Waals surface area contributed by atoms with Crippen LogP contribution in [0, 0.1) is 17.3 Å². The van der Waals surface area contributed by atoms with Crippen LogP contribution in [0.25, 0.3) is 0 Å². The number of carbonyl (C=O) groups is 1. The van der Waals surface area contributed by atoms with Gasteiger partial charge >= 0.3 is 0 Å². The zero-order valence-corrected chi connectivity index (χ0v) is 8.05. The molecular formula is C11H16O. The Morgan fingerprint density at radius 1 is 1.58 bits per heavy atom. The van der Waals surface area contributed by atoms with E-state index in [9.17, 15) is 4.79 Å². The quantitative estimate of drug-likeness (QED) is 0.503. The highest BCUT2D eigenvalue weighted by Crippen LogP contribution is 2.54. The van der Waals surface area contributed by atoms with Gasteiger partial charge in [-0.15, -0.1) is 0 Å². The Morgan fingerprint density at radius 3 is 2.83 bits per heavy atom. The van der Waals surface area contributed by atoms with Crippen LogP contribution in [0.2, 0.25) is 0 Å². The lowest BCUT2D eigenvalue weighted by Gasteiger charge is -2.26. The topological polar surface area (TPSA) is 17.1 Å². The number of fused-ring (bicyclic) bond motifs is 1. The van der Waals surface area contributed by atoms with Gasteiger partial charge in [0.15, 0.2) is 0 Å². The second-order valence-corrected chi connectivity index (χ2v) is 4.58. The van der Waals surface area contributed by atoms with Crippen LogP contribution < -0.4 is 0 Å². The van der Waals surface area contributed by atoms with E-state index in [1.165, 1.54) is 5.57 Å². The van der Waals surface area contributed by atoms with Crippen LogP contribution in [0.1, 0.15) is 33.6 Å². The molecule has 0 aromatic heterocycles. The van der Waals surface area contributed by atoms with E-state index in [1.54, 1.807) is 0 Å². The van der Waals surface area contributed by atoms with Crippen LogP contribution in [0.4, 0.5) is 0 Å². The summed E-state index contributed by atoms with van der Waals surface area (Å²) >= 11 is 0. The summed E-state index contributed by atoms with van der Waals surface area (Å²) in [5, 5.41) is 0. The van der Waals surface area contributed by atoms with Gasteiger partial charge in [0.1, 0.15) is 5.78 Å². The highest BCUT2D eigenvalue weighted by molar-refractivity contribution is 5.85. The van der Waals surface area contributed by atoms with Gasteiger partial charge in [-0.25, -0.2) is 0 Å². The predicted octanol–water partition coefficient (Wildman–Crippen LogP) is 2.57. The molecule has 1 heteroatoms. The number of hydrogen-bond acceptors (Lipinski definition) is 1. The van der Waals surface area contributed by atoms with Crippen LogP contribution in [0.15, 0.2) is 11.6 Å². The number of rotatable bonds is 0. The van der Waals surface area contributed by atoms with Gasteiger partial charge in [-0.05, 0) is 24.7 Å². The molecule has 12 heavy (non-hydrogen) atoms. The minimum Gasteiger partial charge on any atom is -0.299 e. The van der Waals surface area contributed by atoms with E-state index in [2.05, 4.69) is 26.8 Å². The number of ketones is 1. The fourth-order valence-electron chi connectivity index (χ4n) is 2.86. The first kappa shape index (κ1) is 8.03. The van der Waals surface area contributed by atoms with Crippen molar-refractivity contribution in [3.63, 3.8) is 0 Å². The molecule has 0 bridgehead atoms. The van der Waals surface area contributed by atoms with Crippen LogP contribution in [0.3, 0.4) is 0 Å². The molecular weight excluding hydrogens is 148 g/mol. The highest BCUT2D eigenvalue weighted by Gasteiger charge is 2.50. The Kier molecular flexibility index (Phi) is 1.48. The fraction of sp³-hybridized carbons (Fsp3) is 0.727. The predicted molar refractivity (Wildman–Crippen MR) is 48.8 cm³/mol. The van der Waals surface area contributed by atoms with Gasteiger partial charge in [-0.1, -0.05) is 25.5 Å². The molecule has 3 atom stereocenters. The lowest BCUT2D eigenvalue weighted by molar-refractivity contribution is -0.120. The van der Waals surface area contributed by atoms with E-state index in [-0.39, 0.29) is 5.41 Å². The van der Waals surface area contributed by atoms with Crippen molar-refractivity contribution < 1.29 is 4.79 Å². The average Bonchev–Trinajstić information content (AvgIpc) is 2.38. The highest BCUT2D eigenvalue weighted by atomic mass is 16.1. The van der Waals surface area contributed by atoms with Gasteiger partial charge < -0.3 is 0 Å². The zero-order valence-electron chi connectivity index (χ0n) is 8.05. The molecule has 1 fully saturated rings. The van der Waals surface area contributed by atoms with E-state index in [4.69, 9.17) is 0 Å². The van der Waals surface area contributed by atoms with E-state index >= 15 is 0 Å². The summed E-state index contributed by atoms with van der Waals surface area (Å²) in [6, 6.07) is 0. The molecule has 0 N–H and O–H groups in total. The first-order valence-electron chi connectivity index (χ1n) is 4.75. The van der Waals surface area contributed by atoms with Gasteiger partial charge in [0, 0.05) is 12.3 Å². The van der Waals surface area contributed by atoms with Crippen molar-refractivity contribution in [1.29, 1.82) is 0 Å². The van der Waals surface area contributed by atoms with Crippen molar-refractivity contribution >= 4 is 5.78 Å². The van der Waals surface area contributed by atoms with Gasteiger partial charge in [0.05, 0.1) is 0 Å². The normalized spacial score (nSPS) is 46.2. The van der Waals surface area contributed by atoms with Gasteiger partial charge in [0.2, 0.25) is 0 Å². The summed E-state index contributed by atoms with van der Waals surface area (Å²) < 4.78 is 0. The number of hydrogen-bond donors (Lipinski definition) is 0. The average molecular weight is 164 g/mol. The van der Waals surface area contributed by atoms with Crippen molar-refractivity contribution in [2.75, 3.05) is 0 Å². The lowest BCUT2D eigenvalue weighted by Crippen LogP contribution is -2.20. The molecule has 0 aliphatic heterocycles. The third kappa shape index (κ3) is 0.769. The van der Waals surface area contributed by atoms with Crippen LogP contribution in [-0.2, 0) is 4.79 Å². The third-order valence-electron chi connectivity index (χ3n) is 4.05. The maximum absolute atomic E-state index is 11.5. The third-order valence-corrected chi connectivity index (χ3v) is 4.05. The fourth-order valence-corrected chi connectivity index (χ4v) is 2.86. The van der Waals surface area contributed by atoms with Crippen molar-refractivity contribution in [1.82, 2.24) is 0 Å². The summed E-state index contributed by atoms with van der Waals surface area (Å²) in [6.07, 6.45) is 4.21. The van der Waals surface area contributed by atoms with Crippen LogP contribution >= 0.6 is 0 Å². The Balaban J connectivity index is 2.37. The molecule has 1 saturated carbocycles. The molecule has 0 unspecified atom stereocenters. The SMILES string of the molecule is CC1=CC[C@H]2[C@H](C)C(=O)C[C@@]12C. The van der Waals surface area contributed by atoms with Crippen molar-refractivity contribution in [3.8, 4) is 0 Å². The summed E-state index contributed by atoms with van der Waals surface area (Å²) in [5.41, 5.74) is 1.65. The van der Waals surface area contributed by atoms with E-state index < -0.39 is 0 Å². The standard InChI is InChI=1S/C11H16O/c1-7-4-5-9-8(2)10(12)6-11(7,9)3/h4,8-9H,5-6H2,1-3H3/t8-,9-,11-/m0/s1. The molecule has 0 spiro atoms. The first-order valence-corrected chi connectivity index (χ1v) is 4.75. The zero-order chi connectivity index (χ0) is 8.93. The minimum absolute atomic E-state index is 0.219. The van der Waals surface area contributed by atoms with Crippen LogP contribution in [0.5, 0.6) is 0 Å². The summed E-state index contributed by atoms with van der Waals surface area (Å²) in [5.74, 6) is 1.36. The summed E-state index contributed by atoms with van der Waals surface area (Å²) in [6.45, 7) is 6.51. The molecule has 66 valence electrons. The number of carbonyl (C=O) groups excluding carboxylic acids is 1. The Hall–Kier alpha value is -0.590. The largest absolute Gasteiger partial charge is 0.299 e. The second kappa shape index (κ2) is 2.21. The maximum Gasteiger partial charge on any atom is 0.136 e. The van der Waals surface area contributed by atoms with E-state index in [0.717, 1.165) is 12.8 Å². The first-order chi connectivity index (χ1) is 5.55. The molecule has 0 amide bonds. The van der Waals surface area contributed by atoms with Gasteiger partial charge in [-0.3, -0.25) is 4.79 Å². The van der Waals surface area contributed by atoms with E-state index in [1.807, 2.05) is 0 Å². The summed E-state index contributed by atoms with van der Waals surface area (Å²) in [7, 11) is 0. The monoisotopic (exact) mass is 164 g/mol. The maximum atomic E-state index is 11.5. The Labute approximate surface area is 73.8 Å². The lowest BCUT2D eigenvalue weighted by atomic mass is 9.76. The van der Waals surface area contributed by atoms with Crippen molar-refractivity contribution in [2.45, 2.75) is 33.6 Å². The van der Waals surface area contributed by atoms with Crippen molar-refractivity contribution in [3.05, 3.63) is 11.6 Å². The minimum atomic E-state index is 0.219. The van der Waals surface area contributed by atoms with Crippen molar-refractivity contribution in [2.24, 2.45) is 17.3 Å². The molecule has 0 aromatic rings. The molecule has 1 nitrogen and oxygen atoms in total. The smallest absolute Gasteiger partial charge is 0.136 e. The summed E-state index contributed by atoms with van der Waals surface area (Å²) in [4.78, 5) is 11.5. The molecule has 2 aliphatic rings. The van der Waals surface area contributed by atoms with Gasteiger partial charge in [0.25, 0.3) is 0 Å². The molecule has 0 radical (unpaired) electrons. The molecule has 0 saturated heterocycles. The van der Waals surface area contributed by atoms with Crippen LogP contribution in [-0.4, -0.2) is 5.78 Å². The molecule has 0 aromatic carbocycles. The molecule has 0 heterocycles. The van der Waals surface area contributed by atoms with Gasteiger partial charge in [-0.2, -0.15) is 0 Å². The number of Topliss-reactive ketones (excluding diaryl/α,β-unsaturated/α-hetero) is 1.